The third-order valence-corrected chi connectivity index (χ3v) is 8.22. The van der Waals surface area contributed by atoms with Crippen molar-refractivity contribution in [3.63, 3.8) is 0 Å². The molecule has 0 bridgehead atoms. The number of nitrogens with zero attached hydrogens (tertiary/aromatic N) is 5. The highest BCUT2D eigenvalue weighted by Crippen LogP contribution is 2.24. The summed E-state index contributed by atoms with van der Waals surface area (Å²) in [7, 11) is 0.647. The van der Waals surface area contributed by atoms with Gasteiger partial charge < -0.3 is 10.2 Å². The van der Waals surface area contributed by atoms with Crippen LogP contribution in [0.3, 0.4) is 0 Å². The van der Waals surface area contributed by atoms with E-state index in [1.165, 1.54) is 18.9 Å². The number of aromatic nitrogens is 4. The van der Waals surface area contributed by atoms with E-state index in [2.05, 4.69) is 44.2 Å². The molecule has 2 aromatic heterocycles. The Morgan fingerprint density at radius 3 is 2.09 bits per heavy atom. The third kappa shape index (κ3) is 6.84. The summed E-state index contributed by atoms with van der Waals surface area (Å²) in [6.45, 7) is 0. The lowest BCUT2D eigenvalue weighted by atomic mass is 9.91. The van der Waals surface area contributed by atoms with E-state index in [-0.39, 0.29) is 21.5 Å². The van der Waals surface area contributed by atoms with Crippen LogP contribution < -0.4 is 5.32 Å². The van der Waals surface area contributed by atoms with Crippen molar-refractivity contribution in [3.05, 3.63) is 71.0 Å². The maximum absolute atomic E-state index is 12.6. The second-order valence-corrected chi connectivity index (χ2v) is 11.3. The maximum Gasteiger partial charge on any atom is 0.222 e. The fourth-order valence-electron chi connectivity index (χ4n) is 4.08. The van der Waals surface area contributed by atoms with Crippen molar-refractivity contribution in [2.45, 2.75) is 48.4 Å². The zero-order chi connectivity index (χ0) is 24.8. The number of sulfone groups is 1. The molecule has 0 saturated heterocycles. The van der Waals surface area contributed by atoms with Crippen LogP contribution in [0.15, 0.2) is 53.9 Å². The van der Waals surface area contributed by atoms with Crippen LogP contribution >= 0.6 is 11.6 Å². The van der Waals surface area contributed by atoms with Crippen molar-refractivity contribution in [2.75, 3.05) is 19.4 Å². The van der Waals surface area contributed by atoms with Gasteiger partial charge in [-0.25, -0.2) is 28.4 Å². The molecule has 0 unspecified atom stereocenters. The van der Waals surface area contributed by atoms with Crippen molar-refractivity contribution in [3.8, 4) is 0 Å². The molecule has 0 atom stereocenters. The number of rotatable bonds is 8. The van der Waals surface area contributed by atoms with Crippen LogP contribution in [0.25, 0.3) is 12.2 Å². The monoisotopic (exact) mass is 512 g/mol. The molecule has 1 aromatic carbocycles. The predicted molar refractivity (Wildman–Crippen MR) is 139 cm³/mol. The van der Waals surface area contributed by atoms with E-state index in [0.717, 1.165) is 24.0 Å². The van der Waals surface area contributed by atoms with Crippen LogP contribution in [0.1, 0.15) is 42.6 Å². The minimum absolute atomic E-state index is 0.0772. The summed E-state index contributed by atoms with van der Waals surface area (Å²) in [5.74, 6) is 0.531. The summed E-state index contributed by atoms with van der Waals surface area (Å²) in [5, 5.41) is 3.63. The summed E-state index contributed by atoms with van der Waals surface area (Å²) in [4.78, 5) is 19.6. The van der Waals surface area contributed by atoms with E-state index in [1.807, 2.05) is 12.2 Å². The highest BCUT2D eigenvalue weighted by atomic mass is 35.5. The van der Waals surface area contributed by atoms with Crippen LogP contribution in [-0.4, -0.2) is 59.4 Å². The fourth-order valence-corrected chi connectivity index (χ4v) is 5.86. The molecule has 184 valence electrons. The summed E-state index contributed by atoms with van der Waals surface area (Å²) >= 11 is 6.03. The van der Waals surface area contributed by atoms with Crippen LogP contribution in [-0.2, 0) is 15.6 Å². The normalized spacial score (nSPS) is 18.7. The summed E-state index contributed by atoms with van der Waals surface area (Å²) < 4.78 is 25.2. The second-order valence-electron chi connectivity index (χ2n) is 8.91. The molecular formula is C25H29ClN6O2S. The molecule has 10 heteroatoms. The van der Waals surface area contributed by atoms with Crippen molar-refractivity contribution < 1.29 is 8.42 Å². The molecule has 1 aliphatic carbocycles. The molecule has 1 fully saturated rings. The zero-order valence-electron chi connectivity index (χ0n) is 19.8. The molecule has 2 heterocycles. The molecule has 0 radical (unpaired) electrons. The molecule has 1 aliphatic rings. The van der Waals surface area contributed by atoms with E-state index in [1.54, 1.807) is 43.0 Å². The fraction of sp³-hybridized carbons (Fsp3) is 0.360. The van der Waals surface area contributed by atoms with E-state index in [9.17, 15) is 8.42 Å². The Hall–Kier alpha value is -2.88. The van der Waals surface area contributed by atoms with Crippen molar-refractivity contribution >= 4 is 39.5 Å². The van der Waals surface area contributed by atoms with Crippen LogP contribution in [0.5, 0.6) is 0 Å². The molecule has 35 heavy (non-hydrogen) atoms. The highest BCUT2D eigenvalue weighted by molar-refractivity contribution is 7.90. The van der Waals surface area contributed by atoms with E-state index < -0.39 is 9.84 Å². The summed E-state index contributed by atoms with van der Waals surface area (Å²) in [5.41, 5.74) is 1.58. The maximum atomic E-state index is 12.6. The number of halogens is 1. The van der Waals surface area contributed by atoms with Crippen LogP contribution in [0.4, 0.5) is 5.95 Å². The smallest absolute Gasteiger partial charge is 0.222 e. The number of hydrogen-bond donors (Lipinski definition) is 1. The van der Waals surface area contributed by atoms with E-state index in [0.29, 0.717) is 18.0 Å². The van der Waals surface area contributed by atoms with Crippen molar-refractivity contribution in [1.29, 1.82) is 0 Å². The van der Waals surface area contributed by atoms with Gasteiger partial charge in [0.15, 0.2) is 9.84 Å². The molecule has 0 aliphatic heterocycles. The minimum Gasteiger partial charge on any atom is -0.351 e. The topological polar surface area (TPSA) is 101 Å². The van der Waals surface area contributed by atoms with Gasteiger partial charge in [0.1, 0.15) is 11.6 Å². The molecule has 0 amide bonds. The molecule has 1 N–H and O–H groups in total. The highest BCUT2D eigenvalue weighted by Gasteiger charge is 2.23. The van der Waals surface area contributed by atoms with Gasteiger partial charge in [-0.05, 0) is 51.9 Å². The molecule has 3 aromatic rings. The third-order valence-electron chi connectivity index (χ3n) is 6.12. The quantitative estimate of drug-likeness (QED) is 0.475. The molecule has 8 nitrogen and oxygen atoms in total. The summed E-state index contributed by atoms with van der Waals surface area (Å²) in [6, 6.07) is 7.41. The lowest BCUT2D eigenvalue weighted by Crippen LogP contribution is -2.36. The molecular weight excluding hydrogens is 484 g/mol. The lowest BCUT2D eigenvalue weighted by Gasteiger charge is -2.32. The Morgan fingerprint density at radius 2 is 1.51 bits per heavy atom. The first-order valence-electron chi connectivity index (χ1n) is 11.5. The lowest BCUT2D eigenvalue weighted by molar-refractivity contribution is 0.221. The first kappa shape index (κ1) is 25.2. The van der Waals surface area contributed by atoms with Crippen LogP contribution in [0.2, 0.25) is 5.02 Å². The van der Waals surface area contributed by atoms with Gasteiger partial charge in [-0.2, -0.15) is 0 Å². The van der Waals surface area contributed by atoms with E-state index >= 15 is 0 Å². The van der Waals surface area contributed by atoms with Gasteiger partial charge in [-0.15, -0.1) is 0 Å². The first-order valence-corrected chi connectivity index (χ1v) is 13.5. The van der Waals surface area contributed by atoms with Gasteiger partial charge in [0, 0.05) is 48.0 Å². The average Bonchev–Trinajstić information content (AvgIpc) is 2.85. The zero-order valence-corrected chi connectivity index (χ0v) is 21.4. The SMILES string of the molecule is CN(C)C1CCC(Nc2ncc(C=Cc3cnc(CS(=O)(=O)c4ccccc4Cl)nc3)cn2)CC1. The van der Waals surface area contributed by atoms with Gasteiger partial charge in [-0.1, -0.05) is 35.9 Å². The largest absolute Gasteiger partial charge is 0.351 e. The standard InChI is InChI=1S/C25H29ClN6O2S/c1-32(2)21-11-9-20(10-12-21)31-25-29-15-19(16-30-25)8-7-18-13-27-24(28-14-18)17-35(33,34)23-6-4-3-5-22(23)26/h3-8,13-16,20-21H,9-12,17H2,1-2H3,(H,29,30,31). The van der Waals surface area contributed by atoms with Gasteiger partial charge in [0.25, 0.3) is 0 Å². The molecule has 0 spiro atoms. The Bertz CT molecular complexity index is 1260. The first-order chi connectivity index (χ1) is 16.8. The van der Waals surface area contributed by atoms with Gasteiger partial charge in [0.2, 0.25) is 5.95 Å². The van der Waals surface area contributed by atoms with Crippen molar-refractivity contribution in [2.24, 2.45) is 0 Å². The average molecular weight is 513 g/mol. The Balaban J connectivity index is 1.32. The molecule has 4 rings (SSSR count). The molecule has 1 saturated carbocycles. The van der Waals surface area contributed by atoms with Gasteiger partial charge in [-0.3, -0.25) is 0 Å². The van der Waals surface area contributed by atoms with Crippen LogP contribution in [0, 0.1) is 0 Å². The Labute approximate surface area is 211 Å². The number of hydrogen-bond acceptors (Lipinski definition) is 8. The second kappa shape index (κ2) is 11.2. The Morgan fingerprint density at radius 1 is 0.943 bits per heavy atom. The predicted octanol–water partition coefficient (Wildman–Crippen LogP) is 4.35. The van der Waals surface area contributed by atoms with Gasteiger partial charge in [0.05, 0.1) is 9.92 Å². The summed E-state index contributed by atoms with van der Waals surface area (Å²) in [6.07, 6.45) is 15.0. The number of benzene rings is 1. The van der Waals surface area contributed by atoms with Crippen molar-refractivity contribution in [1.82, 2.24) is 24.8 Å². The number of anilines is 1. The number of nitrogens with one attached hydrogen (secondary N) is 1. The minimum atomic E-state index is -3.63. The van der Waals surface area contributed by atoms with E-state index in [4.69, 9.17) is 11.6 Å². The Kier molecular flexibility index (Phi) is 8.10. The van der Waals surface area contributed by atoms with Gasteiger partial charge >= 0.3 is 0 Å².